The second-order valence-corrected chi connectivity index (χ2v) is 8.12. The fourth-order valence-electron chi connectivity index (χ4n) is 3.24. The Morgan fingerprint density at radius 2 is 1.95 bits per heavy atom. The minimum Gasteiger partial charge on any atom is -0.339 e. The Balaban J connectivity index is 1.82. The molecular formula is C14H26N2O3S. The molecule has 0 radical (unpaired) electrons. The number of sulfone groups is 1. The normalized spacial score (nSPS) is 26.6. The summed E-state index contributed by atoms with van der Waals surface area (Å²) in [6.45, 7) is 5.55. The quantitative estimate of drug-likeness (QED) is 0.757. The van der Waals surface area contributed by atoms with E-state index in [0.29, 0.717) is 19.4 Å². The van der Waals surface area contributed by atoms with Crippen LogP contribution in [0.3, 0.4) is 0 Å². The predicted molar refractivity (Wildman–Crippen MR) is 79.4 cm³/mol. The van der Waals surface area contributed by atoms with Crippen LogP contribution in [0.5, 0.6) is 0 Å². The third-order valence-electron chi connectivity index (χ3n) is 4.40. The zero-order valence-corrected chi connectivity index (χ0v) is 13.2. The molecule has 2 saturated heterocycles. The molecule has 2 fully saturated rings. The minimum atomic E-state index is -2.92. The van der Waals surface area contributed by atoms with Crippen LogP contribution in [-0.2, 0) is 14.6 Å². The molecular weight excluding hydrogens is 276 g/mol. The first-order valence-electron chi connectivity index (χ1n) is 7.74. The molecule has 0 aromatic heterocycles. The summed E-state index contributed by atoms with van der Waals surface area (Å²) in [5.41, 5.74) is 0. The van der Waals surface area contributed by atoms with Crippen LogP contribution < -0.4 is 0 Å². The third kappa shape index (κ3) is 4.19. The molecule has 1 atom stereocenters. The van der Waals surface area contributed by atoms with Crippen molar-refractivity contribution in [3.05, 3.63) is 0 Å². The fraction of sp³-hybridized carbons (Fsp3) is 0.929. The van der Waals surface area contributed by atoms with Gasteiger partial charge in [-0.3, -0.25) is 4.79 Å². The van der Waals surface area contributed by atoms with Gasteiger partial charge in [-0.2, -0.15) is 0 Å². The summed E-state index contributed by atoms with van der Waals surface area (Å²) in [4.78, 5) is 16.4. The van der Waals surface area contributed by atoms with Gasteiger partial charge in [0, 0.05) is 25.6 Å². The van der Waals surface area contributed by atoms with Gasteiger partial charge in [-0.15, -0.1) is 0 Å². The Morgan fingerprint density at radius 3 is 2.50 bits per heavy atom. The maximum Gasteiger partial charge on any atom is 0.224 e. The number of likely N-dealkylation sites (tertiary alicyclic amines) is 1. The van der Waals surface area contributed by atoms with Crippen LogP contribution in [0.1, 0.15) is 39.0 Å². The van der Waals surface area contributed by atoms with Gasteiger partial charge in [0.05, 0.1) is 11.5 Å². The molecule has 0 N–H and O–H groups in total. The van der Waals surface area contributed by atoms with Gasteiger partial charge in [-0.25, -0.2) is 8.42 Å². The highest BCUT2D eigenvalue weighted by Crippen LogP contribution is 2.18. The molecule has 0 spiro atoms. The molecule has 0 bridgehead atoms. The number of hydrogen-bond donors (Lipinski definition) is 0. The molecule has 1 unspecified atom stereocenters. The van der Waals surface area contributed by atoms with Crippen LogP contribution >= 0.6 is 0 Å². The molecule has 0 aromatic carbocycles. The minimum absolute atomic E-state index is 0.0983. The van der Waals surface area contributed by atoms with E-state index in [-0.39, 0.29) is 23.5 Å². The van der Waals surface area contributed by atoms with Crippen molar-refractivity contribution in [1.82, 2.24) is 9.80 Å². The Kier molecular flexibility index (Phi) is 5.43. The van der Waals surface area contributed by atoms with Gasteiger partial charge in [-0.05, 0) is 39.3 Å². The fourth-order valence-corrected chi connectivity index (χ4v) is 4.97. The molecule has 0 aromatic rings. The molecule has 2 aliphatic rings. The number of carbonyl (C=O) groups excluding carboxylic acids is 1. The number of hydrogen-bond acceptors (Lipinski definition) is 4. The number of nitrogens with zero attached hydrogens (tertiary/aromatic N) is 2. The molecule has 6 heteroatoms. The van der Waals surface area contributed by atoms with Crippen LogP contribution in [0.25, 0.3) is 0 Å². The zero-order valence-electron chi connectivity index (χ0n) is 12.4. The van der Waals surface area contributed by atoms with Gasteiger partial charge < -0.3 is 9.80 Å². The average Bonchev–Trinajstić information content (AvgIpc) is 2.78. The van der Waals surface area contributed by atoms with E-state index in [1.54, 1.807) is 4.90 Å². The maximum atomic E-state index is 12.3. The first-order valence-corrected chi connectivity index (χ1v) is 9.56. The highest BCUT2D eigenvalue weighted by Gasteiger charge is 2.33. The number of amides is 1. The van der Waals surface area contributed by atoms with Crippen molar-refractivity contribution in [2.75, 3.05) is 37.7 Å². The van der Waals surface area contributed by atoms with Crippen molar-refractivity contribution in [2.45, 2.75) is 45.1 Å². The number of carbonyl (C=O) groups is 1. The van der Waals surface area contributed by atoms with Crippen LogP contribution in [-0.4, -0.2) is 67.9 Å². The van der Waals surface area contributed by atoms with Gasteiger partial charge in [0.25, 0.3) is 0 Å². The topological polar surface area (TPSA) is 57.7 Å². The summed E-state index contributed by atoms with van der Waals surface area (Å²) < 4.78 is 23.1. The Hall–Kier alpha value is -0.620. The largest absolute Gasteiger partial charge is 0.339 e. The highest BCUT2D eigenvalue weighted by atomic mass is 32.2. The lowest BCUT2D eigenvalue weighted by Gasteiger charge is -2.30. The second-order valence-electron chi connectivity index (χ2n) is 5.89. The molecule has 20 heavy (non-hydrogen) atoms. The number of rotatable bonds is 5. The van der Waals surface area contributed by atoms with Crippen molar-refractivity contribution in [2.24, 2.45) is 0 Å². The number of piperidine rings is 1. The van der Waals surface area contributed by atoms with E-state index in [9.17, 15) is 13.2 Å². The lowest BCUT2D eigenvalue weighted by Crippen LogP contribution is -2.42. The maximum absolute atomic E-state index is 12.3. The van der Waals surface area contributed by atoms with Gasteiger partial charge in [-0.1, -0.05) is 6.42 Å². The third-order valence-corrected chi connectivity index (χ3v) is 6.15. The van der Waals surface area contributed by atoms with E-state index >= 15 is 0 Å². The summed E-state index contributed by atoms with van der Waals surface area (Å²) in [5.74, 6) is 0.490. The molecule has 2 rings (SSSR count). The van der Waals surface area contributed by atoms with Crippen LogP contribution in [0.2, 0.25) is 0 Å². The molecule has 0 aliphatic carbocycles. The molecule has 116 valence electrons. The summed E-state index contributed by atoms with van der Waals surface area (Å²) in [6.07, 6.45) is 4.88. The Morgan fingerprint density at radius 1 is 1.25 bits per heavy atom. The van der Waals surface area contributed by atoms with E-state index in [2.05, 4.69) is 4.90 Å². The van der Waals surface area contributed by atoms with Crippen LogP contribution in [0, 0.1) is 0 Å². The van der Waals surface area contributed by atoms with Crippen molar-refractivity contribution >= 4 is 15.7 Å². The Labute approximate surface area is 122 Å². The second kappa shape index (κ2) is 6.89. The molecule has 2 heterocycles. The van der Waals surface area contributed by atoms with E-state index in [4.69, 9.17) is 0 Å². The SMILES string of the molecule is CCN(C(=O)CCN1CCCCC1)C1CCS(=O)(=O)C1. The summed E-state index contributed by atoms with van der Waals surface area (Å²) in [7, 11) is -2.92. The van der Waals surface area contributed by atoms with Crippen molar-refractivity contribution in [3.8, 4) is 0 Å². The first-order chi connectivity index (χ1) is 9.52. The van der Waals surface area contributed by atoms with E-state index in [0.717, 1.165) is 19.6 Å². The Bertz CT molecular complexity index is 430. The van der Waals surface area contributed by atoms with Crippen LogP contribution in [0.4, 0.5) is 0 Å². The zero-order chi connectivity index (χ0) is 14.6. The van der Waals surface area contributed by atoms with Crippen molar-refractivity contribution in [1.29, 1.82) is 0 Å². The monoisotopic (exact) mass is 302 g/mol. The highest BCUT2D eigenvalue weighted by molar-refractivity contribution is 7.91. The van der Waals surface area contributed by atoms with E-state index < -0.39 is 9.84 Å². The van der Waals surface area contributed by atoms with Gasteiger partial charge in [0.15, 0.2) is 9.84 Å². The summed E-state index contributed by atoms with van der Waals surface area (Å²) >= 11 is 0. The lowest BCUT2D eigenvalue weighted by atomic mass is 10.1. The summed E-state index contributed by atoms with van der Waals surface area (Å²) in [5, 5.41) is 0. The van der Waals surface area contributed by atoms with Gasteiger partial charge >= 0.3 is 0 Å². The smallest absolute Gasteiger partial charge is 0.224 e. The van der Waals surface area contributed by atoms with Gasteiger partial charge in [0.2, 0.25) is 5.91 Å². The lowest BCUT2D eigenvalue weighted by molar-refractivity contribution is -0.133. The predicted octanol–water partition coefficient (Wildman–Crippen LogP) is 0.898. The first kappa shape index (κ1) is 15.8. The van der Waals surface area contributed by atoms with Crippen molar-refractivity contribution in [3.63, 3.8) is 0 Å². The summed E-state index contributed by atoms with van der Waals surface area (Å²) in [6, 6.07) is -0.0983. The van der Waals surface area contributed by atoms with E-state index in [1.807, 2.05) is 6.92 Å². The van der Waals surface area contributed by atoms with E-state index in [1.165, 1.54) is 19.3 Å². The average molecular weight is 302 g/mol. The molecule has 5 nitrogen and oxygen atoms in total. The standard InChI is InChI=1S/C14H26N2O3S/c1-2-16(13-7-11-20(18,19)12-13)14(17)6-10-15-8-4-3-5-9-15/h13H,2-12H2,1H3. The molecule has 0 saturated carbocycles. The van der Waals surface area contributed by atoms with Crippen LogP contribution in [0.15, 0.2) is 0 Å². The van der Waals surface area contributed by atoms with Crippen molar-refractivity contribution < 1.29 is 13.2 Å². The van der Waals surface area contributed by atoms with Gasteiger partial charge in [0.1, 0.15) is 0 Å². The molecule has 2 aliphatic heterocycles. The molecule has 1 amide bonds.